The maximum atomic E-state index is 13.3. The zero-order valence-corrected chi connectivity index (χ0v) is 15.4. The van der Waals surface area contributed by atoms with Crippen LogP contribution in [0.25, 0.3) is 0 Å². The van der Waals surface area contributed by atoms with Crippen LogP contribution in [0.15, 0.2) is 36.4 Å². The van der Waals surface area contributed by atoms with Crippen LogP contribution in [0.1, 0.15) is 68.1 Å². The van der Waals surface area contributed by atoms with Crippen molar-refractivity contribution in [2.75, 3.05) is 0 Å². The predicted octanol–water partition coefficient (Wildman–Crippen LogP) is 6.96. The van der Waals surface area contributed by atoms with Gasteiger partial charge in [0.05, 0.1) is 0 Å². The molecule has 0 aliphatic heterocycles. The normalized spacial score (nSPS) is 19.8. The zero-order valence-electron chi connectivity index (χ0n) is 15.4. The summed E-state index contributed by atoms with van der Waals surface area (Å²) in [6, 6.07) is 10.8. The number of unbranched alkanes of at least 4 members (excludes halogenated alkanes) is 1. The van der Waals surface area contributed by atoms with Crippen LogP contribution in [0.3, 0.4) is 0 Å². The molecule has 3 heteroatoms. The summed E-state index contributed by atoms with van der Waals surface area (Å²) in [5.74, 6) is -2.08. The van der Waals surface area contributed by atoms with E-state index in [1.165, 1.54) is 44.1 Å². The smallest absolute Gasteiger partial charge is 0.194 e. The fourth-order valence-electron chi connectivity index (χ4n) is 4.13. The van der Waals surface area contributed by atoms with Gasteiger partial charge in [0.15, 0.2) is 17.5 Å². The van der Waals surface area contributed by atoms with E-state index in [0.29, 0.717) is 24.3 Å². The number of halogens is 3. The van der Waals surface area contributed by atoms with Crippen molar-refractivity contribution < 1.29 is 13.2 Å². The van der Waals surface area contributed by atoms with E-state index >= 15 is 0 Å². The third-order valence-corrected chi connectivity index (χ3v) is 5.70. The Kier molecular flexibility index (Phi) is 6.39. The lowest BCUT2D eigenvalue weighted by molar-refractivity contribution is 0.445. The number of aryl methyl sites for hydroxylation is 2. The maximum absolute atomic E-state index is 13.3. The maximum Gasteiger partial charge on any atom is 0.194 e. The highest BCUT2D eigenvalue weighted by molar-refractivity contribution is 5.28. The zero-order chi connectivity index (χ0) is 18.5. The Morgan fingerprint density at radius 2 is 1.54 bits per heavy atom. The molecule has 0 spiro atoms. The Labute approximate surface area is 154 Å². The molecule has 2 unspecified atom stereocenters. The van der Waals surface area contributed by atoms with E-state index in [1.807, 2.05) is 0 Å². The predicted molar refractivity (Wildman–Crippen MR) is 99.8 cm³/mol. The van der Waals surface area contributed by atoms with Crippen molar-refractivity contribution >= 4 is 0 Å². The first-order valence-corrected chi connectivity index (χ1v) is 9.79. The summed E-state index contributed by atoms with van der Waals surface area (Å²) in [7, 11) is 0. The van der Waals surface area contributed by atoms with Crippen molar-refractivity contribution in [2.45, 2.75) is 64.2 Å². The summed E-state index contributed by atoms with van der Waals surface area (Å²) in [4.78, 5) is 0. The van der Waals surface area contributed by atoms with Gasteiger partial charge >= 0.3 is 0 Å². The lowest BCUT2D eigenvalue weighted by Gasteiger charge is -2.12. The van der Waals surface area contributed by atoms with E-state index in [4.69, 9.17) is 0 Å². The number of benzene rings is 2. The van der Waals surface area contributed by atoms with Crippen molar-refractivity contribution in [3.63, 3.8) is 0 Å². The molecule has 3 rings (SSSR count). The highest BCUT2D eigenvalue weighted by Crippen LogP contribution is 2.40. The van der Waals surface area contributed by atoms with Gasteiger partial charge in [0.1, 0.15) is 0 Å². The van der Waals surface area contributed by atoms with Gasteiger partial charge in [0.25, 0.3) is 0 Å². The highest BCUT2D eigenvalue weighted by Gasteiger charge is 2.25. The van der Waals surface area contributed by atoms with Crippen LogP contribution >= 0.6 is 0 Å². The first kappa shape index (κ1) is 19.0. The summed E-state index contributed by atoms with van der Waals surface area (Å²) in [6.07, 6.45) is 9.07. The Morgan fingerprint density at radius 1 is 0.885 bits per heavy atom. The molecule has 1 aliphatic rings. The summed E-state index contributed by atoms with van der Waals surface area (Å²) in [5, 5.41) is 0. The molecule has 2 aromatic carbocycles. The fourth-order valence-corrected chi connectivity index (χ4v) is 4.13. The number of hydrogen-bond acceptors (Lipinski definition) is 0. The Hall–Kier alpha value is -1.77. The second-order valence-corrected chi connectivity index (χ2v) is 7.63. The molecule has 0 bridgehead atoms. The molecule has 0 N–H and O–H groups in total. The van der Waals surface area contributed by atoms with Gasteiger partial charge in [-0.05, 0) is 72.8 Å². The molecule has 0 aromatic heterocycles. The largest absolute Gasteiger partial charge is 0.204 e. The third kappa shape index (κ3) is 4.69. The summed E-state index contributed by atoms with van der Waals surface area (Å²) < 4.78 is 39.6. The lowest BCUT2D eigenvalue weighted by Crippen LogP contribution is -1.99. The van der Waals surface area contributed by atoms with Crippen molar-refractivity contribution in [3.05, 3.63) is 70.5 Å². The molecular weight excluding hydrogens is 333 g/mol. The van der Waals surface area contributed by atoms with Crippen LogP contribution in [-0.2, 0) is 12.8 Å². The molecule has 0 radical (unpaired) electrons. The van der Waals surface area contributed by atoms with Gasteiger partial charge in [-0.1, -0.05) is 50.5 Å². The Bertz CT molecular complexity index is 698. The minimum Gasteiger partial charge on any atom is -0.204 e. The van der Waals surface area contributed by atoms with E-state index in [2.05, 4.69) is 31.2 Å². The molecule has 0 heterocycles. The minimum atomic E-state index is -1.40. The molecular formula is C23H27F3. The van der Waals surface area contributed by atoms with Crippen LogP contribution in [-0.4, -0.2) is 0 Å². The number of hydrogen-bond donors (Lipinski definition) is 0. The van der Waals surface area contributed by atoms with E-state index in [9.17, 15) is 13.2 Å². The number of rotatable bonds is 7. The third-order valence-electron chi connectivity index (χ3n) is 5.70. The van der Waals surface area contributed by atoms with Crippen LogP contribution in [0.4, 0.5) is 13.2 Å². The fraction of sp³-hybridized carbons (Fsp3) is 0.478. The van der Waals surface area contributed by atoms with E-state index < -0.39 is 17.5 Å². The molecule has 140 valence electrons. The molecule has 26 heavy (non-hydrogen) atoms. The molecule has 0 saturated heterocycles. The lowest BCUT2D eigenvalue weighted by atomic mass is 9.93. The van der Waals surface area contributed by atoms with E-state index in [-0.39, 0.29) is 0 Å². The summed E-state index contributed by atoms with van der Waals surface area (Å²) in [5.41, 5.74) is 3.03. The topological polar surface area (TPSA) is 0 Å². The van der Waals surface area contributed by atoms with Crippen molar-refractivity contribution in [1.29, 1.82) is 0 Å². The van der Waals surface area contributed by atoms with E-state index in [1.54, 1.807) is 0 Å². The summed E-state index contributed by atoms with van der Waals surface area (Å²) in [6.45, 7) is 2.25. The highest BCUT2D eigenvalue weighted by atomic mass is 19.2. The standard InChI is InChI=1S/C23H27F3/c1-2-3-4-17-9-12-20(13-17)19-10-7-16(8-11-19)5-6-18-14-21(24)23(26)22(25)15-18/h7-8,10-11,14-15,17,20H,2-6,9,12-13H2,1H3. The van der Waals surface area contributed by atoms with Crippen molar-refractivity contribution in [2.24, 2.45) is 5.92 Å². The van der Waals surface area contributed by atoms with Gasteiger partial charge in [-0.2, -0.15) is 0 Å². The van der Waals surface area contributed by atoms with Crippen LogP contribution in [0.2, 0.25) is 0 Å². The van der Waals surface area contributed by atoms with Gasteiger partial charge in [0.2, 0.25) is 0 Å². The average Bonchev–Trinajstić information content (AvgIpc) is 3.12. The van der Waals surface area contributed by atoms with E-state index in [0.717, 1.165) is 23.6 Å². The van der Waals surface area contributed by atoms with Gasteiger partial charge in [-0.15, -0.1) is 0 Å². The second-order valence-electron chi connectivity index (χ2n) is 7.63. The minimum absolute atomic E-state index is 0.486. The molecule has 1 saturated carbocycles. The van der Waals surface area contributed by atoms with Crippen molar-refractivity contribution in [3.8, 4) is 0 Å². The monoisotopic (exact) mass is 360 g/mol. The quantitative estimate of drug-likeness (QED) is 0.468. The van der Waals surface area contributed by atoms with Crippen LogP contribution < -0.4 is 0 Å². The molecule has 0 amide bonds. The van der Waals surface area contributed by atoms with Crippen LogP contribution in [0, 0.1) is 23.4 Å². The van der Waals surface area contributed by atoms with Gasteiger partial charge in [0, 0.05) is 0 Å². The van der Waals surface area contributed by atoms with Gasteiger partial charge in [-0.3, -0.25) is 0 Å². The van der Waals surface area contributed by atoms with Crippen molar-refractivity contribution in [1.82, 2.24) is 0 Å². The Balaban J connectivity index is 1.55. The molecule has 2 atom stereocenters. The Morgan fingerprint density at radius 3 is 2.19 bits per heavy atom. The first-order valence-electron chi connectivity index (χ1n) is 9.79. The second kappa shape index (κ2) is 8.75. The summed E-state index contributed by atoms with van der Waals surface area (Å²) >= 11 is 0. The SMILES string of the molecule is CCCCC1CCC(c2ccc(CCc3cc(F)c(F)c(F)c3)cc2)C1. The average molecular weight is 360 g/mol. The first-order chi connectivity index (χ1) is 12.6. The molecule has 1 fully saturated rings. The van der Waals surface area contributed by atoms with Gasteiger partial charge in [-0.25, -0.2) is 13.2 Å². The molecule has 2 aromatic rings. The van der Waals surface area contributed by atoms with Gasteiger partial charge < -0.3 is 0 Å². The van der Waals surface area contributed by atoms with Crippen LogP contribution in [0.5, 0.6) is 0 Å². The molecule has 0 nitrogen and oxygen atoms in total. The molecule has 1 aliphatic carbocycles.